The highest BCUT2D eigenvalue weighted by molar-refractivity contribution is 6.30. The van der Waals surface area contributed by atoms with E-state index in [1.165, 1.54) is 5.56 Å². The van der Waals surface area contributed by atoms with Crippen molar-refractivity contribution in [3.8, 4) is 5.75 Å². The second-order valence-corrected chi connectivity index (χ2v) is 7.76. The molecule has 0 bridgehead atoms. The lowest BCUT2D eigenvalue weighted by atomic mass is 10.1. The Balaban J connectivity index is 1.60. The van der Waals surface area contributed by atoms with Gasteiger partial charge in [-0.15, -0.1) is 0 Å². The molecule has 4 nitrogen and oxygen atoms in total. The molecule has 5 heteroatoms. The van der Waals surface area contributed by atoms with Gasteiger partial charge in [-0.1, -0.05) is 23.7 Å². The Bertz CT molecular complexity index is 809. The molecule has 144 valence electrons. The minimum Gasteiger partial charge on any atom is -0.481 e. The number of ether oxygens (including phenoxy) is 1. The first-order chi connectivity index (χ1) is 12.8. The number of piperazine rings is 1. The van der Waals surface area contributed by atoms with Crippen LogP contribution in [-0.2, 0) is 4.79 Å². The molecule has 1 fully saturated rings. The van der Waals surface area contributed by atoms with Gasteiger partial charge in [-0.3, -0.25) is 4.79 Å². The van der Waals surface area contributed by atoms with Gasteiger partial charge in [0.1, 0.15) is 5.75 Å². The van der Waals surface area contributed by atoms with E-state index in [0.717, 1.165) is 40.7 Å². The maximum absolute atomic E-state index is 12.8. The number of carbonyl (C=O) groups is 1. The van der Waals surface area contributed by atoms with Crippen molar-refractivity contribution in [3.05, 3.63) is 58.1 Å². The van der Waals surface area contributed by atoms with Gasteiger partial charge in [-0.25, -0.2) is 0 Å². The van der Waals surface area contributed by atoms with Crippen LogP contribution in [0.3, 0.4) is 0 Å². The SMILES string of the molecule is Cc1cc(C)cc(O[C@@H](C)C(=O)N2CCN(c3cc(Cl)ccc3C)CC2)c1. The van der Waals surface area contributed by atoms with Gasteiger partial charge in [-0.05, 0) is 68.7 Å². The van der Waals surface area contributed by atoms with E-state index in [0.29, 0.717) is 13.1 Å². The molecule has 2 aromatic carbocycles. The first kappa shape index (κ1) is 19.6. The smallest absolute Gasteiger partial charge is 0.263 e. The summed E-state index contributed by atoms with van der Waals surface area (Å²) < 4.78 is 5.92. The van der Waals surface area contributed by atoms with Crippen LogP contribution < -0.4 is 9.64 Å². The van der Waals surface area contributed by atoms with Gasteiger partial charge in [0.25, 0.3) is 5.91 Å². The van der Waals surface area contributed by atoms with Crippen LogP contribution >= 0.6 is 11.6 Å². The molecule has 27 heavy (non-hydrogen) atoms. The molecule has 3 rings (SSSR count). The van der Waals surface area contributed by atoms with Gasteiger partial charge in [0.15, 0.2) is 6.10 Å². The number of halogens is 1. The van der Waals surface area contributed by atoms with E-state index in [4.69, 9.17) is 16.3 Å². The third-order valence-corrected chi connectivity index (χ3v) is 5.19. The summed E-state index contributed by atoms with van der Waals surface area (Å²) in [5.74, 6) is 0.790. The molecule has 0 radical (unpaired) electrons. The van der Waals surface area contributed by atoms with Crippen LogP contribution in [0.15, 0.2) is 36.4 Å². The van der Waals surface area contributed by atoms with Crippen LogP contribution in [0.5, 0.6) is 5.75 Å². The van der Waals surface area contributed by atoms with Crippen LogP contribution in [0, 0.1) is 20.8 Å². The number of aryl methyl sites for hydroxylation is 3. The second kappa shape index (κ2) is 8.22. The summed E-state index contributed by atoms with van der Waals surface area (Å²) >= 11 is 6.15. The van der Waals surface area contributed by atoms with Crippen LogP contribution in [0.1, 0.15) is 23.6 Å². The molecule has 1 amide bonds. The molecule has 1 heterocycles. The number of rotatable bonds is 4. The zero-order chi connectivity index (χ0) is 19.6. The third kappa shape index (κ3) is 4.75. The Morgan fingerprint density at radius 2 is 1.63 bits per heavy atom. The molecule has 0 unspecified atom stereocenters. The number of benzene rings is 2. The molecule has 1 aliphatic heterocycles. The number of hydrogen-bond donors (Lipinski definition) is 0. The van der Waals surface area contributed by atoms with Crippen molar-refractivity contribution in [1.82, 2.24) is 4.90 Å². The van der Waals surface area contributed by atoms with Gasteiger partial charge in [-0.2, -0.15) is 0 Å². The number of anilines is 1. The first-order valence-corrected chi connectivity index (χ1v) is 9.76. The van der Waals surface area contributed by atoms with Crippen molar-refractivity contribution in [3.63, 3.8) is 0 Å². The highest BCUT2D eigenvalue weighted by Gasteiger charge is 2.26. The fraction of sp³-hybridized carbons (Fsp3) is 0.409. The average Bonchev–Trinajstić information content (AvgIpc) is 2.62. The zero-order valence-electron chi connectivity index (χ0n) is 16.5. The van der Waals surface area contributed by atoms with Gasteiger partial charge in [0, 0.05) is 36.9 Å². The highest BCUT2D eigenvalue weighted by Crippen LogP contribution is 2.25. The Kier molecular flexibility index (Phi) is 5.95. The lowest BCUT2D eigenvalue weighted by molar-refractivity contribution is -0.138. The van der Waals surface area contributed by atoms with E-state index in [9.17, 15) is 4.79 Å². The van der Waals surface area contributed by atoms with Crippen molar-refractivity contribution in [1.29, 1.82) is 0 Å². The minimum absolute atomic E-state index is 0.0385. The van der Waals surface area contributed by atoms with Gasteiger partial charge in [0.05, 0.1) is 0 Å². The minimum atomic E-state index is -0.495. The third-order valence-electron chi connectivity index (χ3n) is 4.96. The molecule has 2 aromatic rings. The Hall–Kier alpha value is -2.20. The van der Waals surface area contributed by atoms with Crippen LogP contribution in [-0.4, -0.2) is 43.1 Å². The number of carbonyl (C=O) groups excluding carboxylic acids is 1. The molecule has 0 N–H and O–H groups in total. The van der Waals surface area contributed by atoms with E-state index in [-0.39, 0.29) is 5.91 Å². The molecular formula is C22H27ClN2O2. The maximum atomic E-state index is 12.8. The summed E-state index contributed by atoms with van der Waals surface area (Å²) in [6.07, 6.45) is -0.495. The fourth-order valence-corrected chi connectivity index (χ4v) is 3.77. The van der Waals surface area contributed by atoms with Gasteiger partial charge in [0.2, 0.25) is 0 Å². The summed E-state index contributed by atoms with van der Waals surface area (Å²) in [7, 11) is 0. The number of nitrogens with zero attached hydrogens (tertiary/aromatic N) is 2. The van der Waals surface area contributed by atoms with E-state index in [1.54, 1.807) is 0 Å². The van der Waals surface area contributed by atoms with Crippen LogP contribution in [0.4, 0.5) is 5.69 Å². The number of amides is 1. The second-order valence-electron chi connectivity index (χ2n) is 7.33. The first-order valence-electron chi connectivity index (χ1n) is 9.38. The van der Waals surface area contributed by atoms with E-state index < -0.39 is 6.10 Å². The summed E-state index contributed by atoms with van der Waals surface area (Å²) in [6, 6.07) is 12.0. The molecule has 0 saturated carbocycles. The lowest BCUT2D eigenvalue weighted by Gasteiger charge is -2.37. The standard InChI is InChI=1S/C22H27ClN2O2/c1-15-11-16(2)13-20(12-15)27-18(4)22(26)25-9-7-24(8-10-25)21-14-19(23)6-5-17(21)3/h5-6,11-14,18H,7-10H2,1-4H3/t18-/m0/s1. The molecule has 0 spiro atoms. The monoisotopic (exact) mass is 386 g/mol. The van der Waals surface area contributed by atoms with Crippen LogP contribution in [0.25, 0.3) is 0 Å². The van der Waals surface area contributed by atoms with Crippen molar-refractivity contribution >= 4 is 23.2 Å². The summed E-state index contributed by atoms with van der Waals surface area (Å²) in [5.41, 5.74) is 4.62. The summed E-state index contributed by atoms with van der Waals surface area (Å²) in [4.78, 5) is 17.0. The molecular weight excluding hydrogens is 360 g/mol. The fourth-order valence-electron chi connectivity index (χ4n) is 3.60. The van der Waals surface area contributed by atoms with Gasteiger partial charge >= 0.3 is 0 Å². The quantitative estimate of drug-likeness (QED) is 0.781. The van der Waals surface area contributed by atoms with E-state index in [1.807, 2.05) is 56.0 Å². The van der Waals surface area contributed by atoms with Crippen molar-refractivity contribution in [2.75, 3.05) is 31.1 Å². The van der Waals surface area contributed by atoms with Crippen LogP contribution in [0.2, 0.25) is 5.02 Å². The maximum Gasteiger partial charge on any atom is 0.263 e. The molecule has 1 aliphatic rings. The predicted molar refractivity (Wildman–Crippen MR) is 111 cm³/mol. The Labute approximate surface area is 166 Å². The number of hydrogen-bond acceptors (Lipinski definition) is 3. The summed E-state index contributed by atoms with van der Waals surface area (Å²) in [6.45, 7) is 10.9. The predicted octanol–water partition coefficient (Wildman–Crippen LogP) is 4.38. The Morgan fingerprint density at radius 3 is 2.26 bits per heavy atom. The zero-order valence-corrected chi connectivity index (χ0v) is 17.2. The Morgan fingerprint density at radius 1 is 1.00 bits per heavy atom. The van der Waals surface area contributed by atoms with Gasteiger partial charge < -0.3 is 14.5 Å². The van der Waals surface area contributed by atoms with E-state index in [2.05, 4.69) is 17.9 Å². The van der Waals surface area contributed by atoms with Crippen molar-refractivity contribution in [2.24, 2.45) is 0 Å². The highest BCUT2D eigenvalue weighted by atomic mass is 35.5. The molecule has 1 atom stereocenters. The lowest BCUT2D eigenvalue weighted by Crippen LogP contribution is -2.52. The normalized spacial score (nSPS) is 15.6. The molecule has 0 aliphatic carbocycles. The molecule has 0 aromatic heterocycles. The molecule has 1 saturated heterocycles. The topological polar surface area (TPSA) is 32.8 Å². The van der Waals surface area contributed by atoms with Crippen molar-refractivity contribution < 1.29 is 9.53 Å². The summed E-state index contributed by atoms with van der Waals surface area (Å²) in [5, 5.41) is 0.740. The van der Waals surface area contributed by atoms with Crippen molar-refractivity contribution in [2.45, 2.75) is 33.8 Å². The van der Waals surface area contributed by atoms with E-state index >= 15 is 0 Å². The average molecular weight is 387 g/mol. The largest absolute Gasteiger partial charge is 0.481 e.